The highest BCUT2D eigenvalue weighted by atomic mass is 35.5. The zero-order valence-electron chi connectivity index (χ0n) is 18.7. The minimum Gasteiger partial charge on any atom is -0.456 e. The molecule has 0 unspecified atom stereocenters. The Morgan fingerprint density at radius 1 is 1.11 bits per heavy atom. The Labute approximate surface area is 210 Å². The number of pyridine rings is 1. The van der Waals surface area contributed by atoms with Gasteiger partial charge in [0.15, 0.2) is 5.78 Å². The van der Waals surface area contributed by atoms with Gasteiger partial charge in [-0.05, 0) is 31.2 Å². The lowest BCUT2D eigenvalue weighted by Crippen LogP contribution is -2.53. The molecule has 2 aromatic carbocycles. The number of nitrogens with zero attached hydrogens (tertiary/aromatic N) is 1. The van der Waals surface area contributed by atoms with E-state index in [1.165, 1.54) is 13.3 Å². The number of ketones is 1. The highest BCUT2D eigenvalue weighted by molar-refractivity contribution is 6.36. The van der Waals surface area contributed by atoms with Crippen LogP contribution >= 0.6 is 23.2 Å². The summed E-state index contributed by atoms with van der Waals surface area (Å²) in [6, 6.07) is 11.9. The Hall–Kier alpha value is -3.59. The van der Waals surface area contributed by atoms with E-state index in [9.17, 15) is 9.59 Å². The second-order valence-corrected chi connectivity index (χ2v) is 9.13. The van der Waals surface area contributed by atoms with Crippen molar-refractivity contribution in [2.75, 3.05) is 24.4 Å². The van der Waals surface area contributed by atoms with Gasteiger partial charge in [0, 0.05) is 24.9 Å². The number of anilines is 2. The lowest BCUT2D eigenvalue weighted by atomic mass is 9.96. The number of carbonyl (C=O) groups is 2. The van der Waals surface area contributed by atoms with E-state index in [2.05, 4.69) is 20.6 Å². The van der Waals surface area contributed by atoms with Gasteiger partial charge in [-0.2, -0.15) is 0 Å². The maximum atomic E-state index is 13.6. The third-order valence-electron chi connectivity index (χ3n) is 5.78. The van der Waals surface area contributed by atoms with Crippen LogP contribution in [0, 0.1) is 0 Å². The van der Waals surface area contributed by atoms with Gasteiger partial charge in [0.05, 0.1) is 45.2 Å². The third-order valence-corrected chi connectivity index (χ3v) is 6.40. The van der Waals surface area contributed by atoms with Crippen LogP contribution in [0.1, 0.15) is 22.8 Å². The van der Waals surface area contributed by atoms with Crippen LogP contribution in [0.15, 0.2) is 54.9 Å². The number of benzene rings is 2. The number of rotatable bonds is 6. The summed E-state index contributed by atoms with van der Waals surface area (Å²) < 4.78 is 11.0. The van der Waals surface area contributed by atoms with Crippen molar-refractivity contribution in [3.05, 3.63) is 76.0 Å². The SMILES string of the molecule is COC[C@]1(C)Nc2c(cnc3[nH]cc(C(=O)c4ccc(Oc5ccccc5Cl)cc4Cl)c23)NC1=O. The van der Waals surface area contributed by atoms with E-state index >= 15 is 0 Å². The predicted octanol–water partition coefficient (Wildman–Crippen LogP) is 5.66. The van der Waals surface area contributed by atoms with E-state index in [-0.39, 0.29) is 28.9 Å². The van der Waals surface area contributed by atoms with E-state index < -0.39 is 5.54 Å². The summed E-state index contributed by atoms with van der Waals surface area (Å²) in [5, 5.41) is 7.31. The summed E-state index contributed by atoms with van der Waals surface area (Å²) in [6.45, 7) is 1.86. The van der Waals surface area contributed by atoms with Gasteiger partial charge in [-0.3, -0.25) is 9.59 Å². The molecule has 0 fully saturated rings. The molecule has 1 amide bonds. The average Bonchev–Trinajstić information content (AvgIpc) is 3.26. The first-order chi connectivity index (χ1) is 16.8. The van der Waals surface area contributed by atoms with Crippen LogP contribution in [0.3, 0.4) is 0 Å². The molecule has 8 nitrogen and oxygen atoms in total. The first-order valence-corrected chi connectivity index (χ1v) is 11.4. The molecule has 1 aliphatic rings. The molecule has 35 heavy (non-hydrogen) atoms. The zero-order chi connectivity index (χ0) is 24.7. The molecule has 178 valence electrons. The number of para-hydroxylation sites is 1. The fourth-order valence-corrected chi connectivity index (χ4v) is 4.46. The van der Waals surface area contributed by atoms with Crippen LogP contribution in [0.2, 0.25) is 10.0 Å². The smallest absolute Gasteiger partial charge is 0.252 e. The van der Waals surface area contributed by atoms with Crippen molar-refractivity contribution in [1.82, 2.24) is 9.97 Å². The number of amides is 1. The minimum atomic E-state index is -1.02. The molecular weight excluding hydrogens is 491 g/mol. The largest absolute Gasteiger partial charge is 0.456 e. The minimum absolute atomic E-state index is 0.133. The van der Waals surface area contributed by atoms with Gasteiger partial charge in [-0.25, -0.2) is 4.98 Å². The van der Waals surface area contributed by atoms with E-state index in [1.807, 2.05) is 0 Å². The Kier molecular flexibility index (Phi) is 5.88. The fourth-order valence-electron chi connectivity index (χ4n) is 4.03. The molecule has 0 spiro atoms. The molecule has 2 aromatic heterocycles. The third kappa shape index (κ3) is 4.10. The number of halogens is 2. The van der Waals surface area contributed by atoms with E-state index in [1.54, 1.807) is 55.6 Å². The highest BCUT2D eigenvalue weighted by Crippen LogP contribution is 2.39. The fraction of sp³-hybridized carbons (Fsp3) is 0.160. The number of hydrogen-bond donors (Lipinski definition) is 3. The van der Waals surface area contributed by atoms with Crippen molar-refractivity contribution >= 4 is 57.3 Å². The number of fused-ring (bicyclic) bond motifs is 3. The van der Waals surface area contributed by atoms with Crippen molar-refractivity contribution in [3.63, 3.8) is 0 Å². The molecule has 3 N–H and O–H groups in total. The number of aromatic amines is 1. The van der Waals surface area contributed by atoms with E-state index in [0.29, 0.717) is 44.5 Å². The molecule has 0 radical (unpaired) electrons. The number of nitrogens with one attached hydrogen (secondary N) is 3. The molecule has 3 heterocycles. The summed E-state index contributed by atoms with van der Waals surface area (Å²) in [4.78, 5) is 33.6. The highest BCUT2D eigenvalue weighted by Gasteiger charge is 2.39. The van der Waals surface area contributed by atoms with Crippen LogP contribution < -0.4 is 15.4 Å². The summed E-state index contributed by atoms with van der Waals surface area (Å²) in [5.41, 5.74) is 1.16. The van der Waals surface area contributed by atoms with Crippen molar-refractivity contribution in [3.8, 4) is 11.5 Å². The van der Waals surface area contributed by atoms with Gasteiger partial charge in [0.1, 0.15) is 22.7 Å². The van der Waals surface area contributed by atoms with Crippen LogP contribution in [0.5, 0.6) is 11.5 Å². The average molecular weight is 511 g/mol. The van der Waals surface area contributed by atoms with Crippen LogP contribution in [-0.2, 0) is 9.53 Å². The maximum absolute atomic E-state index is 13.6. The summed E-state index contributed by atoms with van der Waals surface area (Å²) in [5.74, 6) is 0.352. The van der Waals surface area contributed by atoms with Crippen molar-refractivity contribution < 1.29 is 19.1 Å². The van der Waals surface area contributed by atoms with Crippen molar-refractivity contribution in [2.45, 2.75) is 12.5 Å². The predicted molar refractivity (Wildman–Crippen MR) is 135 cm³/mol. The van der Waals surface area contributed by atoms with Gasteiger partial charge >= 0.3 is 0 Å². The molecular formula is C25H20Cl2N4O4. The Morgan fingerprint density at radius 2 is 1.91 bits per heavy atom. The van der Waals surface area contributed by atoms with Crippen molar-refractivity contribution in [2.24, 2.45) is 0 Å². The number of hydrogen-bond acceptors (Lipinski definition) is 6. The molecule has 1 atom stereocenters. The first-order valence-electron chi connectivity index (χ1n) is 10.7. The quantitative estimate of drug-likeness (QED) is 0.289. The first kappa shape index (κ1) is 23.2. The van der Waals surface area contributed by atoms with Gasteiger partial charge in [0.25, 0.3) is 5.91 Å². The summed E-state index contributed by atoms with van der Waals surface area (Å²) >= 11 is 12.7. The van der Waals surface area contributed by atoms with Gasteiger partial charge in [-0.15, -0.1) is 0 Å². The number of ether oxygens (including phenoxy) is 2. The molecule has 5 rings (SSSR count). The van der Waals surface area contributed by atoms with E-state index in [0.717, 1.165) is 0 Å². The molecule has 0 saturated heterocycles. The molecule has 0 saturated carbocycles. The topological polar surface area (TPSA) is 105 Å². The Balaban J connectivity index is 1.52. The van der Waals surface area contributed by atoms with Crippen molar-refractivity contribution in [1.29, 1.82) is 0 Å². The lowest BCUT2D eigenvalue weighted by molar-refractivity contribution is -0.121. The van der Waals surface area contributed by atoms with Gasteiger partial charge in [0.2, 0.25) is 0 Å². The molecule has 0 bridgehead atoms. The summed E-state index contributed by atoms with van der Waals surface area (Å²) in [7, 11) is 1.52. The molecule has 0 aliphatic carbocycles. The van der Waals surface area contributed by atoms with Crippen LogP contribution in [0.4, 0.5) is 11.4 Å². The molecule has 4 aromatic rings. The lowest BCUT2D eigenvalue weighted by Gasteiger charge is -2.35. The van der Waals surface area contributed by atoms with Crippen LogP contribution in [-0.4, -0.2) is 40.9 Å². The Morgan fingerprint density at radius 3 is 2.66 bits per heavy atom. The standard InChI is InChI=1S/C25H20Cl2N4O4/c1-25(12-34-2)24(33)30-18-11-29-23-20(21(18)31-25)15(10-28-23)22(32)14-8-7-13(9-17(14)27)35-19-6-4-3-5-16(19)26/h3-11,31H,12H2,1-2H3,(H,28,29)(H,30,33)/t25-/m0/s1. The maximum Gasteiger partial charge on any atom is 0.252 e. The van der Waals surface area contributed by atoms with E-state index in [4.69, 9.17) is 32.7 Å². The number of carbonyl (C=O) groups excluding carboxylic acids is 2. The van der Waals surface area contributed by atoms with Gasteiger partial charge < -0.3 is 25.1 Å². The second-order valence-electron chi connectivity index (χ2n) is 8.32. The van der Waals surface area contributed by atoms with Crippen LogP contribution in [0.25, 0.3) is 11.0 Å². The number of H-pyrrole nitrogens is 1. The molecule has 10 heteroatoms. The number of methoxy groups -OCH3 is 1. The summed E-state index contributed by atoms with van der Waals surface area (Å²) in [6.07, 6.45) is 3.12. The molecule has 1 aliphatic heterocycles. The Bertz CT molecular complexity index is 1490. The van der Waals surface area contributed by atoms with Gasteiger partial charge in [-0.1, -0.05) is 35.3 Å². The normalized spacial score (nSPS) is 17.0. The zero-order valence-corrected chi connectivity index (χ0v) is 20.3. The number of aromatic nitrogens is 2. The monoisotopic (exact) mass is 510 g/mol. The second kappa shape index (κ2) is 8.88.